The third-order valence-electron chi connectivity index (χ3n) is 4.61. The number of carbonyl (C=O) groups is 2. The van der Waals surface area contributed by atoms with Gasteiger partial charge < -0.3 is 4.74 Å². The van der Waals surface area contributed by atoms with Crippen molar-refractivity contribution in [3.05, 3.63) is 70.8 Å². The van der Waals surface area contributed by atoms with E-state index in [1.807, 2.05) is 51.1 Å². The number of hydrogen-bond donors (Lipinski definition) is 0. The Morgan fingerprint density at radius 3 is 2.40 bits per heavy atom. The topological polar surface area (TPSA) is 43.4 Å². The number of hydrogen-bond acceptors (Lipinski definition) is 4. The molecule has 2 aromatic carbocycles. The van der Waals surface area contributed by atoms with E-state index in [4.69, 9.17) is 4.74 Å². The molecule has 4 rings (SSSR count). The van der Waals surface area contributed by atoms with Gasteiger partial charge in [0.2, 0.25) is 11.6 Å². The number of fused-ring (bicyclic) bond motifs is 2. The molecule has 2 aliphatic rings. The Bertz CT molecular complexity index is 940. The van der Waals surface area contributed by atoms with Crippen LogP contribution < -0.4 is 0 Å². The molecule has 0 saturated heterocycles. The third kappa shape index (κ3) is 2.52. The number of aryl methyl sites for hydroxylation is 1. The number of benzene rings is 2. The number of ketones is 2. The molecule has 1 aliphatic carbocycles. The predicted octanol–water partition coefficient (Wildman–Crippen LogP) is 4.44. The van der Waals surface area contributed by atoms with E-state index in [0.29, 0.717) is 16.9 Å². The van der Waals surface area contributed by atoms with Crippen molar-refractivity contribution < 1.29 is 14.3 Å². The molecule has 2 aromatic rings. The Balaban J connectivity index is 1.84. The molecule has 1 aliphatic heterocycles. The standard InChI is InChI=1S/C21H18O3S/c1-12-7-6-8-13(11-12)25-20-16-18(23)17(22)14-9-4-5-10-15(14)19(16)24-21(20,2)3/h4-11,20H,1-3H3. The number of ether oxygens (including phenoxy) is 1. The molecular formula is C21H18O3S. The van der Waals surface area contributed by atoms with Gasteiger partial charge in [-0.3, -0.25) is 9.59 Å². The molecule has 0 fully saturated rings. The fraction of sp³-hybridized carbons (Fsp3) is 0.238. The van der Waals surface area contributed by atoms with E-state index in [1.165, 1.54) is 0 Å². The molecular weight excluding hydrogens is 332 g/mol. The molecule has 25 heavy (non-hydrogen) atoms. The highest BCUT2D eigenvalue weighted by molar-refractivity contribution is 8.00. The summed E-state index contributed by atoms with van der Waals surface area (Å²) < 4.78 is 6.20. The fourth-order valence-corrected chi connectivity index (χ4v) is 4.76. The van der Waals surface area contributed by atoms with Gasteiger partial charge in [0.15, 0.2) is 0 Å². The lowest BCUT2D eigenvalue weighted by molar-refractivity contribution is -0.112. The lowest BCUT2D eigenvalue weighted by Crippen LogP contribution is -2.35. The van der Waals surface area contributed by atoms with Crippen LogP contribution in [0.1, 0.15) is 35.3 Å². The number of thioether (sulfide) groups is 1. The van der Waals surface area contributed by atoms with Crippen LogP contribution in [0.3, 0.4) is 0 Å². The molecule has 0 amide bonds. The quantitative estimate of drug-likeness (QED) is 0.751. The highest BCUT2D eigenvalue weighted by Gasteiger charge is 2.51. The van der Waals surface area contributed by atoms with E-state index >= 15 is 0 Å². The monoisotopic (exact) mass is 350 g/mol. The molecule has 0 bridgehead atoms. The highest BCUT2D eigenvalue weighted by atomic mass is 32.2. The summed E-state index contributed by atoms with van der Waals surface area (Å²) in [6.45, 7) is 5.98. The summed E-state index contributed by atoms with van der Waals surface area (Å²) in [5, 5.41) is -0.228. The van der Waals surface area contributed by atoms with Crippen molar-refractivity contribution in [3.63, 3.8) is 0 Å². The van der Waals surface area contributed by atoms with Crippen LogP contribution in [0, 0.1) is 6.92 Å². The molecule has 0 spiro atoms. The summed E-state index contributed by atoms with van der Waals surface area (Å²) in [4.78, 5) is 26.5. The summed E-state index contributed by atoms with van der Waals surface area (Å²) in [6.07, 6.45) is 0. The van der Waals surface area contributed by atoms with Crippen LogP contribution in [-0.2, 0) is 9.53 Å². The minimum absolute atomic E-state index is 0.228. The Kier molecular flexibility index (Phi) is 3.62. The van der Waals surface area contributed by atoms with Gasteiger partial charge in [0.05, 0.1) is 10.8 Å². The first-order valence-electron chi connectivity index (χ1n) is 8.23. The van der Waals surface area contributed by atoms with Crippen LogP contribution in [0.25, 0.3) is 5.76 Å². The molecule has 126 valence electrons. The lowest BCUT2D eigenvalue weighted by Gasteiger charge is -2.27. The van der Waals surface area contributed by atoms with Gasteiger partial charge in [-0.1, -0.05) is 42.0 Å². The van der Waals surface area contributed by atoms with Crippen LogP contribution in [0.4, 0.5) is 0 Å². The Labute approximate surface area is 151 Å². The van der Waals surface area contributed by atoms with Crippen LogP contribution in [-0.4, -0.2) is 22.4 Å². The second-order valence-electron chi connectivity index (χ2n) is 6.97. The van der Waals surface area contributed by atoms with Crippen molar-refractivity contribution >= 4 is 29.1 Å². The van der Waals surface area contributed by atoms with Crippen molar-refractivity contribution in [1.29, 1.82) is 0 Å². The molecule has 0 saturated carbocycles. The van der Waals surface area contributed by atoms with Crippen molar-refractivity contribution in [1.82, 2.24) is 0 Å². The maximum Gasteiger partial charge on any atom is 0.234 e. The molecule has 0 radical (unpaired) electrons. The van der Waals surface area contributed by atoms with Gasteiger partial charge in [-0.25, -0.2) is 0 Å². The van der Waals surface area contributed by atoms with E-state index in [0.717, 1.165) is 16.0 Å². The van der Waals surface area contributed by atoms with E-state index in [1.54, 1.807) is 23.9 Å². The molecule has 1 atom stereocenters. The van der Waals surface area contributed by atoms with Crippen molar-refractivity contribution in [2.45, 2.75) is 36.5 Å². The van der Waals surface area contributed by atoms with Crippen LogP contribution >= 0.6 is 11.8 Å². The Morgan fingerprint density at radius 1 is 0.960 bits per heavy atom. The first-order chi connectivity index (χ1) is 11.9. The van der Waals surface area contributed by atoms with E-state index < -0.39 is 17.2 Å². The average molecular weight is 350 g/mol. The zero-order valence-corrected chi connectivity index (χ0v) is 15.1. The summed E-state index contributed by atoms with van der Waals surface area (Å²) in [6, 6.07) is 15.3. The van der Waals surface area contributed by atoms with Gasteiger partial charge >= 0.3 is 0 Å². The average Bonchev–Trinajstić information content (AvgIpc) is 2.84. The molecule has 1 unspecified atom stereocenters. The molecule has 0 aromatic heterocycles. The normalized spacial score (nSPS) is 21.0. The molecule has 4 heteroatoms. The van der Waals surface area contributed by atoms with Gasteiger partial charge in [-0.2, -0.15) is 0 Å². The summed E-state index contributed by atoms with van der Waals surface area (Å²) >= 11 is 1.58. The number of Topliss-reactive ketones (excluding diaryl/α,β-unsaturated/α-hetero) is 2. The zero-order chi connectivity index (χ0) is 17.8. The lowest BCUT2D eigenvalue weighted by atomic mass is 9.86. The maximum absolute atomic E-state index is 12.8. The predicted molar refractivity (Wildman–Crippen MR) is 98.7 cm³/mol. The SMILES string of the molecule is Cc1cccc(SC2C3=C(OC2(C)C)c2ccccc2C(=O)C3=O)c1. The van der Waals surface area contributed by atoms with E-state index in [2.05, 4.69) is 6.07 Å². The smallest absolute Gasteiger partial charge is 0.234 e. The van der Waals surface area contributed by atoms with Gasteiger partial charge in [0, 0.05) is 16.0 Å². The van der Waals surface area contributed by atoms with Crippen LogP contribution in [0.5, 0.6) is 0 Å². The minimum atomic E-state index is -0.577. The van der Waals surface area contributed by atoms with Gasteiger partial charge in [0.1, 0.15) is 11.4 Å². The minimum Gasteiger partial charge on any atom is -0.485 e. The highest BCUT2D eigenvalue weighted by Crippen LogP contribution is 2.50. The Morgan fingerprint density at radius 2 is 1.68 bits per heavy atom. The first-order valence-corrected chi connectivity index (χ1v) is 9.11. The Hall–Kier alpha value is -2.33. The molecule has 1 heterocycles. The third-order valence-corrected chi connectivity index (χ3v) is 6.18. The number of carbonyl (C=O) groups excluding carboxylic acids is 2. The van der Waals surface area contributed by atoms with Crippen molar-refractivity contribution in [2.75, 3.05) is 0 Å². The van der Waals surface area contributed by atoms with Crippen molar-refractivity contribution in [3.8, 4) is 0 Å². The molecule has 3 nitrogen and oxygen atoms in total. The van der Waals surface area contributed by atoms with Gasteiger partial charge in [0.25, 0.3) is 0 Å². The maximum atomic E-state index is 12.8. The summed E-state index contributed by atoms with van der Waals surface area (Å²) in [7, 11) is 0. The number of rotatable bonds is 2. The van der Waals surface area contributed by atoms with E-state index in [-0.39, 0.29) is 5.25 Å². The zero-order valence-electron chi connectivity index (χ0n) is 14.3. The van der Waals surface area contributed by atoms with Crippen LogP contribution in [0.15, 0.2) is 59.0 Å². The fourth-order valence-electron chi connectivity index (χ4n) is 3.41. The first kappa shape index (κ1) is 16.2. The largest absolute Gasteiger partial charge is 0.485 e. The second kappa shape index (κ2) is 5.60. The van der Waals surface area contributed by atoms with Crippen molar-refractivity contribution in [2.24, 2.45) is 0 Å². The summed E-state index contributed by atoms with van der Waals surface area (Å²) in [5.74, 6) is -0.315. The van der Waals surface area contributed by atoms with E-state index in [9.17, 15) is 9.59 Å². The van der Waals surface area contributed by atoms with Gasteiger partial charge in [-0.15, -0.1) is 11.8 Å². The van der Waals surface area contributed by atoms with Gasteiger partial charge in [-0.05, 0) is 32.9 Å². The van der Waals surface area contributed by atoms with Crippen LogP contribution in [0.2, 0.25) is 0 Å². The molecule has 0 N–H and O–H groups in total. The summed E-state index contributed by atoms with van der Waals surface area (Å²) in [5.41, 5.74) is 2.24. The second-order valence-corrected chi connectivity index (χ2v) is 8.15.